The fourth-order valence-electron chi connectivity index (χ4n) is 2.87. The van der Waals surface area contributed by atoms with E-state index in [1.54, 1.807) is 0 Å². The molecule has 2 rings (SSSR count). The first kappa shape index (κ1) is 12.6. The number of allylic oxidation sites excluding steroid dienone is 2. The summed E-state index contributed by atoms with van der Waals surface area (Å²) in [6.07, 6.45) is 7.28. The third-order valence-electron chi connectivity index (χ3n) is 3.51. The van der Waals surface area contributed by atoms with E-state index in [-0.39, 0.29) is 11.6 Å². The molecule has 2 aliphatic carbocycles. The van der Waals surface area contributed by atoms with Crippen LogP contribution in [0, 0.1) is 17.8 Å². The molecule has 96 valence electrons. The second-order valence-corrected chi connectivity index (χ2v) is 6.26. The van der Waals surface area contributed by atoms with Crippen LogP contribution in [0.15, 0.2) is 12.2 Å². The topological polar surface area (TPSA) is 38.3 Å². The summed E-state index contributed by atoms with van der Waals surface area (Å²) in [6.45, 7) is 6.95. The molecule has 3 unspecified atom stereocenters. The molecule has 17 heavy (non-hydrogen) atoms. The molecule has 1 N–H and O–H groups in total. The summed E-state index contributed by atoms with van der Waals surface area (Å²) in [5, 5.41) is 3.23. The second-order valence-electron chi connectivity index (χ2n) is 6.26. The number of rotatable bonds is 4. The Kier molecular flexibility index (Phi) is 3.57. The fourth-order valence-corrected chi connectivity index (χ4v) is 2.87. The van der Waals surface area contributed by atoms with E-state index in [2.05, 4.69) is 17.5 Å². The first-order valence-electron chi connectivity index (χ1n) is 6.55. The minimum absolute atomic E-state index is 0.156. The van der Waals surface area contributed by atoms with Crippen LogP contribution >= 0.6 is 0 Å². The van der Waals surface area contributed by atoms with Gasteiger partial charge in [0.05, 0.1) is 6.54 Å². The summed E-state index contributed by atoms with van der Waals surface area (Å²) in [6, 6.07) is 0. The van der Waals surface area contributed by atoms with Crippen LogP contribution in [0.2, 0.25) is 0 Å². The highest BCUT2D eigenvalue weighted by Crippen LogP contribution is 2.42. The summed E-state index contributed by atoms with van der Waals surface area (Å²) in [4.78, 5) is 11.5. The van der Waals surface area contributed by atoms with Crippen molar-refractivity contribution in [3.8, 4) is 0 Å². The van der Waals surface area contributed by atoms with E-state index in [9.17, 15) is 4.79 Å². The van der Waals surface area contributed by atoms with Gasteiger partial charge < -0.3 is 10.1 Å². The van der Waals surface area contributed by atoms with Gasteiger partial charge in [-0.15, -0.1) is 0 Å². The molecular weight excluding hydrogens is 214 g/mol. The first-order valence-corrected chi connectivity index (χ1v) is 6.55. The Labute approximate surface area is 104 Å². The first-order chi connectivity index (χ1) is 7.94. The average Bonchev–Trinajstić information content (AvgIpc) is 2.75. The number of hydrogen-bond acceptors (Lipinski definition) is 3. The van der Waals surface area contributed by atoms with Crippen molar-refractivity contribution < 1.29 is 9.53 Å². The molecule has 2 aliphatic rings. The van der Waals surface area contributed by atoms with E-state index in [0.29, 0.717) is 12.5 Å². The summed E-state index contributed by atoms with van der Waals surface area (Å²) in [7, 11) is 0. The van der Waals surface area contributed by atoms with Crippen LogP contribution in [0.1, 0.15) is 33.6 Å². The molecule has 0 spiro atoms. The van der Waals surface area contributed by atoms with Crippen LogP contribution in [-0.2, 0) is 9.53 Å². The molecular formula is C14H23NO2. The number of hydrogen-bond donors (Lipinski definition) is 1. The molecule has 3 heteroatoms. The lowest BCUT2D eigenvalue weighted by Gasteiger charge is -2.21. The molecule has 0 radical (unpaired) electrons. The number of fused-ring (bicyclic) bond motifs is 2. The van der Waals surface area contributed by atoms with Gasteiger partial charge in [-0.3, -0.25) is 4.79 Å². The smallest absolute Gasteiger partial charge is 0.320 e. The number of carbonyl (C=O) groups is 1. The lowest BCUT2D eigenvalue weighted by Crippen LogP contribution is -2.34. The zero-order valence-electron chi connectivity index (χ0n) is 11.0. The van der Waals surface area contributed by atoms with Gasteiger partial charge in [-0.1, -0.05) is 12.2 Å². The minimum Gasteiger partial charge on any atom is -0.459 e. The molecule has 0 heterocycles. The molecule has 2 bridgehead atoms. The van der Waals surface area contributed by atoms with Gasteiger partial charge in [0.1, 0.15) is 5.60 Å². The Morgan fingerprint density at radius 3 is 2.65 bits per heavy atom. The van der Waals surface area contributed by atoms with Gasteiger partial charge in [0.25, 0.3) is 0 Å². The van der Waals surface area contributed by atoms with Crippen molar-refractivity contribution in [3.63, 3.8) is 0 Å². The van der Waals surface area contributed by atoms with Crippen molar-refractivity contribution in [3.05, 3.63) is 12.2 Å². The van der Waals surface area contributed by atoms with Crippen molar-refractivity contribution in [1.29, 1.82) is 0 Å². The molecule has 0 aromatic rings. The summed E-state index contributed by atoms with van der Waals surface area (Å²) >= 11 is 0. The van der Waals surface area contributed by atoms with E-state index < -0.39 is 0 Å². The summed E-state index contributed by atoms with van der Waals surface area (Å²) in [5.74, 6) is 2.10. The third-order valence-corrected chi connectivity index (χ3v) is 3.51. The largest absolute Gasteiger partial charge is 0.459 e. The highest BCUT2D eigenvalue weighted by molar-refractivity contribution is 5.72. The molecule has 0 aromatic heterocycles. The predicted molar refractivity (Wildman–Crippen MR) is 67.6 cm³/mol. The van der Waals surface area contributed by atoms with E-state index in [1.165, 1.54) is 12.8 Å². The van der Waals surface area contributed by atoms with Gasteiger partial charge in [0.2, 0.25) is 0 Å². The zero-order chi connectivity index (χ0) is 12.5. The Balaban J connectivity index is 1.63. The Bertz CT molecular complexity index is 317. The maximum atomic E-state index is 11.5. The maximum absolute atomic E-state index is 11.5. The van der Waals surface area contributed by atoms with Gasteiger partial charge in [0.15, 0.2) is 0 Å². The number of ether oxygens (including phenoxy) is 1. The van der Waals surface area contributed by atoms with Gasteiger partial charge in [-0.05, 0) is 57.9 Å². The highest BCUT2D eigenvalue weighted by atomic mass is 16.6. The lowest BCUT2D eigenvalue weighted by atomic mass is 9.94. The SMILES string of the molecule is CC(C)(C)OC(=O)CNCC1CC2C=CC1C2. The summed E-state index contributed by atoms with van der Waals surface area (Å²) in [5.41, 5.74) is -0.381. The van der Waals surface area contributed by atoms with Crippen molar-refractivity contribution in [1.82, 2.24) is 5.32 Å². The minimum atomic E-state index is -0.381. The van der Waals surface area contributed by atoms with Crippen molar-refractivity contribution in [2.75, 3.05) is 13.1 Å². The molecule has 0 aromatic carbocycles. The molecule has 3 atom stereocenters. The monoisotopic (exact) mass is 237 g/mol. The quantitative estimate of drug-likeness (QED) is 0.601. The van der Waals surface area contributed by atoms with Crippen LogP contribution in [0.3, 0.4) is 0 Å². The van der Waals surface area contributed by atoms with Crippen molar-refractivity contribution >= 4 is 5.97 Å². The van der Waals surface area contributed by atoms with Gasteiger partial charge >= 0.3 is 5.97 Å². The van der Waals surface area contributed by atoms with Crippen LogP contribution in [0.25, 0.3) is 0 Å². The third kappa shape index (κ3) is 3.56. The van der Waals surface area contributed by atoms with Gasteiger partial charge in [0, 0.05) is 0 Å². The molecule has 1 saturated carbocycles. The zero-order valence-corrected chi connectivity index (χ0v) is 11.0. The number of nitrogens with one attached hydrogen (secondary N) is 1. The van der Waals surface area contributed by atoms with E-state index in [1.807, 2.05) is 20.8 Å². The predicted octanol–water partition coefficient (Wildman–Crippen LogP) is 2.13. The molecule has 3 nitrogen and oxygen atoms in total. The summed E-state index contributed by atoms with van der Waals surface area (Å²) < 4.78 is 5.25. The number of carbonyl (C=O) groups excluding carboxylic acids is 1. The van der Waals surface area contributed by atoms with Crippen LogP contribution in [0.4, 0.5) is 0 Å². The van der Waals surface area contributed by atoms with Crippen LogP contribution in [0.5, 0.6) is 0 Å². The molecule has 0 saturated heterocycles. The van der Waals surface area contributed by atoms with Crippen LogP contribution < -0.4 is 5.32 Å². The molecule has 0 aliphatic heterocycles. The maximum Gasteiger partial charge on any atom is 0.320 e. The highest BCUT2D eigenvalue weighted by Gasteiger charge is 2.35. The molecule has 0 amide bonds. The lowest BCUT2D eigenvalue weighted by molar-refractivity contribution is -0.153. The Morgan fingerprint density at radius 2 is 2.12 bits per heavy atom. The Hall–Kier alpha value is -0.830. The van der Waals surface area contributed by atoms with Crippen molar-refractivity contribution in [2.45, 2.75) is 39.2 Å². The van der Waals surface area contributed by atoms with Gasteiger partial charge in [-0.2, -0.15) is 0 Å². The fraction of sp³-hybridized carbons (Fsp3) is 0.786. The number of esters is 1. The van der Waals surface area contributed by atoms with E-state index >= 15 is 0 Å². The van der Waals surface area contributed by atoms with E-state index in [4.69, 9.17) is 4.74 Å². The van der Waals surface area contributed by atoms with Crippen LogP contribution in [-0.4, -0.2) is 24.7 Å². The average molecular weight is 237 g/mol. The van der Waals surface area contributed by atoms with E-state index in [0.717, 1.165) is 18.4 Å². The second kappa shape index (κ2) is 4.81. The normalized spacial score (nSPS) is 30.9. The standard InChI is InChI=1S/C14H23NO2/c1-14(2,3)17-13(16)9-15-8-12-7-10-4-5-11(12)6-10/h4-5,10-12,15H,6-9H2,1-3H3. The Morgan fingerprint density at radius 1 is 1.35 bits per heavy atom. The molecule has 1 fully saturated rings. The van der Waals surface area contributed by atoms with Crippen molar-refractivity contribution in [2.24, 2.45) is 17.8 Å². The van der Waals surface area contributed by atoms with Gasteiger partial charge in [-0.25, -0.2) is 0 Å².